The van der Waals surface area contributed by atoms with Crippen molar-refractivity contribution in [2.45, 2.75) is 46.6 Å². The molecule has 0 spiro atoms. The third-order valence-electron chi connectivity index (χ3n) is 3.29. The summed E-state index contributed by atoms with van der Waals surface area (Å²) in [4.78, 5) is 10.6. The van der Waals surface area contributed by atoms with E-state index in [9.17, 15) is 4.79 Å². The second-order valence-electron chi connectivity index (χ2n) is 4.96. The number of hydrogen-bond acceptors (Lipinski definition) is 2. The Morgan fingerprint density at radius 1 is 1.11 bits per heavy atom. The fourth-order valence-electron chi connectivity index (χ4n) is 1.98. The first-order valence-electron chi connectivity index (χ1n) is 6.56. The fraction of sp³-hybridized carbons (Fsp3) is 0.533. The summed E-state index contributed by atoms with van der Waals surface area (Å²) in [6, 6.07) is 4.49. The van der Waals surface area contributed by atoms with Crippen LogP contribution in [0.25, 0.3) is 0 Å². The van der Waals surface area contributed by atoms with Gasteiger partial charge in [0.15, 0.2) is 0 Å². The number of primary amides is 1. The largest absolute Gasteiger partial charge is 0.370 e. The molecular weight excluding hydrogens is 224 g/mol. The summed E-state index contributed by atoms with van der Waals surface area (Å²) in [5.74, 6) is -0.208. The molecule has 0 fully saturated rings. The molecule has 0 aliphatic carbocycles. The minimum absolute atomic E-state index is 0.208. The maximum Gasteiger partial charge on any atom is 0.217 e. The van der Waals surface area contributed by atoms with Crippen LogP contribution in [0.5, 0.6) is 0 Å². The lowest BCUT2D eigenvalue weighted by Gasteiger charge is -2.11. The summed E-state index contributed by atoms with van der Waals surface area (Å²) in [6.07, 6.45) is 2.35. The van der Waals surface area contributed by atoms with Gasteiger partial charge < -0.3 is 11.1 Å². The fourth-order valence-corrected chi connectivity index (χ4v) is 1.98. The monoisotopic (exact) mass is 248 g/mol. The van der Waals surface area contributed by atoms with Gasteiger partial charge in [0.2, 0.25) is 5.91 Å². The third-order valence-corrected chi connectivity index (χ3v) is 3.29. The van der Waals surface area contributed by atoms with E-state index in [0.717, 1.165) is 25.9 Å². The molecule has 0 atom stereocenters. The molecule has 3 heteroatoms. The number of amides is 1. The number of benzene rings is 1. The number of hydrogen-bond donors (Lipinski definition) is 2. The molecule has 0 aliphatic heterocycles. The summed E-state index contributed by atoms with van der Waals surface area (Å²) >= 11 is 0. The molecule has 3 nitrogen and oxygen atoms in total. The lowest BCUT2D eigenvalue weighted by molar-refractivity contribution is -0.118. The summed E-state index contributed by atoms with van der Waals surface area (Å²) < 4.78 is 0. The zero-order chi connectivity index (χ0) is 13.5. The van der Waals surface area contributed by atoms with Crippen LogP contribution in [0.4, 0.5) is 0 Å². The van der Waals surface area contributed by atoms with E-state index in [2.05, 4.69) is 38.2 Å². The Morgan fingerprint density at radius 3 is 2.44 bits per heavy atom. The van der Waals surface area contributed by atoms with Gasteiger partial charge in [0.25, 0.3) is 0 Å². The molecular formula is C15H24N2O. The van der Waals surface area contributed by atoms with E-state index in [1.165, 1.54) is 22.3 Å². The molecule has 1 amide bonds. The van der Waals surface area contributed by atoms with Gasteiger partial charge in [-0.3, -0.25) is 4.79 Å². The molecule has 0 saturated carbocycles. The molecule has 1 aromatic carbocycles. The molecule has 3 N–H and O–H groups in total. The van der Waals surface area contributed by atoms with Gasteiger partial charge in [-0.25, -0.2) is 0 Å². The second kappa shape index (κ2) is 7.17. The first-order chi connectivity index (χ1) is 8.50. The molecule has 1 rings (SSSR count). The highest BCUT2D eigenvalue weighted by atomic mass is 16.1. The molecule has 0 aliphatic rings. The van der Waals surface area contributed by atoms with Crippen LogP contribution in [-0.4, -0.2) is 12.5 Å². The zero-order valence-corrected chi connectivity index (χ0v) is 11.7. The quantitative estimate of drug-likeness (QED) is 0.728. The van der Waals surface area contributed by atoms with Crippen LogP contribution in [0, 0.1) is 20.8 Å². The maximum atomic E-state index is 10.6. The molecule has 0 unspecified atom stereocenters. The molecule has 0 bridgehead atoms. The molecule has 0 saturated heterocycles. The lowest BCUT2D eigenvalue weighted by atomic mass is 10.0. The zero-order valence-electron chi connectivity index (χ0n) is 11.7. The van der Waals surface area contributed by atoms with Crippen LogP contribution in [-0.2, 0) is 11.3 Å². The van der Waals surface area contributed by atoms with Crippen LogP contribution >= 0.6 is 0 Å². The molecule has 0 aromatic heterocycles. The number of carbonyl (C=O) groups is 1. The van der Waals surface area contributed by atoms with Crippen molar-refractivity contribution in [3.63, 3.8) is 0 Å². The van der Waals surface area contributed by atoms with E-state index in [1.807, 2.05) is 0 Å². The standard InChI is InChI=1S/C15H24N2O/c1-11-8-13(3)14(9-12(11)2)10-17-7-5-4-6-15(16)18/h8-9,17H,4-7,10H2,1-3H3,(H2,16,18). The Labute approximate surface area is 110 Å². The summed E-state index contributed by atoms with van der Waals surface area (Å²) in [6.45, 7) is 8.26. The van der Waals surface area contributed by atoms with E-state index in [4.69, 9.17) is 5.73 Å². The van der Waals surface area contributed by atoms with Gasteiger partial charge in [-0.15, -0.1) is 0 Å². The summed E-state index contributed by atoms with van der Waals surface area (Å²) in [7, 11) is 0. The Hall–Kier alpha value is -1.35. The van der Waals surface area contributed by atoms with Crippen LogP contribution in [0.1, 0.15) is 41.5 Å². The Balaban J connectivity index is 2.31. The van der Waals surface area contributed by atoms with Crippen LogP contribution < -0.4 is 11.1 Å². The Bertz CT molecular complexity index is 413. The van der Waals surface area contributed by atoms with Crippen LogP contribution in [0.3, 0.4) is 0 Å². The van der Waals surface area contributed by atoms with Crippen molar-refractivity contribution in [2.75, 3.05) is 6.54 Å². The van der Waals surface area contributed by atoms with Crippen molar-refractivity contribution in [2.24, 2.45) is 5.73 Å². The highest BCUT2D eigenvalue weighted by molar-refractivity contribution is 5.73. The number of carbonyl (C=O) groups excluding carboxylic acids is 1. The predicted molar refractivity (Wildman–Crippen MR) is 75.4 cm³/mol. The smallest absolute Gasteiger partial charge is 0.217 e. The average molecular weight is 248 g/mol. The van der Waals surface area contributed by atoms with Crippen molar-refractivity contribution >= 4 is 5.91 Å². The minimum atomic E-state index is -0.208. The predicted octanol–water partition coefficient (Wildman–Crippen LogP) is 2.36. The highest BCUT2D eigenvalue weighted by Gasteiger charge is 2.01. The SMILES string of the molecule is Cc1cc(C)c(CNCCCCC(N)=O)cc1C. The number of unbranched alkanes of at least 4 members (excludes halogenated alkanes) is 1. The van der Waals surface area contributed by atoms with E-state index in [1.54, 1.807) is 0 Å². The lowest BCUT2D eigenvalue weighted by Crippen LogP contribution is -2.17. The Morgan fingerprint density at radius 2 is 1.78 bits per heavy atom. The number of nitrogens with two attached hydrogens (primary N) is 1. The second-order valence-corrected chi connectivity index (χ2v) is 4.96. The third kappa shape index (κ3) is 4.88. The van der Waals surface area contributed by atoms with Crippen molar-refractivity contribution in [3.8, 4) is 0 Å². The topological polar surface area (TPSA) is 55.1 Å². The molecule has 0 heterocycles. The van der Waals surface area contributed by atoms with Gasteiger partial charge in [0.05, 0.1) is 0 Å². The normalized spacial score (nSPS) is 10.6. The van der Waals surface area contributed by atoms with Gasteiger partial charge in [-0.2, -0.15) is 0 Å². The number of nitrogens with one attached hydrogen (secondary N) is 1. The number of aryl methyl sites for hydroxylation is 3. The van der Waals surface area contributed by atoms with E-state index in [-0.39, 0.29) is 5.91 Å². The summed E-state index contributed by atoms with van der Waals surface area (Å²) in [5, 5.41) is 3.41. The highest BCUT2D eigenvalue weighted by Crippen LogP contribution is 2.15. The van der Waals surface area contributed by atoms with Crippen molar-refractivity contribution < 1.29 is 4.79 Å². The minimum Gasteiger partial charge on any atom is -0.370 e. The molecule has 100 valence electrons. The van der Waals surface area contributed by atoms with E-state index in [0.29, 0.717) is 6.42 Å². The number of rotatable bonds is 7. The molecule has 1 aromatic rings. The molecule has 18 heavy (non-hydrogen) atoms. The van der Waals surface area contributed by atoms with Gasteiger partial charge in [-0.05, 0) is 62.4 Å². The van der Waals surface area contributed by atoms with Gasteiger partial charge in [-0.1, -0.05) is 12.1 Å². The van der Waals surface area contributed by atoms with Gasteiger partial charge in [0.1, 0.15) is 0 Å². The Kier molecular flexibility index (Phi) is 5.86. The van der Waals surface area contributed by atoms with Gasteiger partial charge >= 0.3 is 0 Å². The van der Waals surface area contributed by atoms with E-state index < -0.39 is 0 Å². The molecule has 0 radical (unpaired) electrons. The van der Waals surface area contributed by atoms with Crippen LogP contribution in [0.2, 0.25) is 0 Å². The average Bonchev–Trinajstić information content (AvgIpc) is 2.29. The summed E-state index contributed by atoms with van der Waals surface area (Å²) in [5.41, 5.74) is 10.5. The van der Waals surface area contributed by atoms with Crippen molar-refractivity contribution in [1.29, 1.82) is 0 Å². The van der Waals surface area contributed by atoms with Crippen molar-refractivity contribution in [1.82, 2.24) is 5.32 Å². The first-order valence-corrected chi connectivity index (χ1v) is 6.56. The van der Waals surface area contributed by atoms with Gasteiger partial charge in [0, 0.05) is 13.0 Å². The maximum absolute atomic E-state index is 10.6. The van der Waals surface area contributed by atoms with E-state index >= 15 is 0 Å². The first kappa shape index (κ1) is 14.7. The van der Waals surface area contributed by atoms with Crippen LogP contribution in [0.15, 0.2) is 12.1 Å². The van der Waals surface area contributed by atoms with Crippen molar-refractivity contribution in [3.05, 3.63) is 34.4 Å².